The quantitative estimate of drug-likeness (QED) is 0.890. The minimum atomic E-state index is -1.01. The van der Waals surface area contributed by atoms with Gasteiger partial charge in [0, 0.05) is 17.7 Å². The molecule has 108 valence electrons. The van der Waals surface area contributed by atoms with E-state index in [0.29, 0.717) is 24.1 Å². The van der Waals surface area contributed by atoms with Crippen LogP contribution in [0.3, 0.4) is 0 Å². The molecule has 1 amide bonds. The first kappa shape index (κ1) is 13.8. The molecule has 0 radical (unpaired) electrons. The molecule has 1 heterocycles. The second-order valence-corrected chi connectivity index (χ2v) is 5.40. The molecule has 4 heteroatoms. The molecule has 2 aromatic rings. The van der Waals surface area contributed by atoms with Crippen molar-refractivity contribution in [3.63, 3.8) is 0 Å². The second kappa shape index (κ2) is 5.30. The molecular formula is C17H16FNO2. The van der Waals surface area contributed by atoms with Gasteiger partial charge in [-0.1, -0.05) is 29.8 Å². The van der Waals surface area contributed by atoms with Gasteiger partial charge >= 0.3 is 0 Å². The SMILES string of the molecule is Cc1cccc(C(O)c2cc3c(cc2F)NC(=O)CC3)c1. The van der Waals surface area contributed by atoms with Crippen molar-refractivity contribution in [3.8, 4) is 0 Å². The van der Waals surface area contributed by atoms with E-state index in [9.17, 15) is 14.3 Å². The van der Waals surface area contributed by atoms with Gasteiger partial charge in [-0.3, -0.25) is 4.79 Å². The molecule has 2 aromatic carbocycles. The smallest absolute Gasteiger partial charge is 0.224 e. The molecule has 0 saturated carbocycles. The Hall–Kier alpha value is -2.20. The molecule has 1 unspecified atom stereocenters. The fourth-order valence-corrected chi connectivity index (χ4v) is 2.65. The van der Waals surface area contributed by atoms with Crippen molar-refractivity contribution in [1.29, 1.82) is 0 Å². The number of hydrogen-bond acceptors (Lipinski definition) is 2. The summed E-state index contributed by atoms with van der Waals surface area (Å²) in [6, 6.07) is 10.3. The number of benzene rings is 2. The van der Waals surface area contributed by atoms with Gasteiger partial charge in [-0.05, 0) is 36.6 Å². The third kappa shape index (κ3) is 2.67. The number of fused-ring (bicyclic) bond motifs is 1. The Morgan fingerprint density at radius 1 is 1.24 bits per heavy atom. The van der Waals surface area contributed by atoms with Crippen molar-refractivity contribution in [1.82, 2.24) is 0 Å². The number of nitrogens with one attached hydrogen (secondary N) is 1. The van der Waals surface area contributed by atoms with Gasteiger partial charge in [-0.25, -0.2) is 4.39 Å². The number of rotatable bonds is 2. The summed E-state index contributed by atoms with van der Waals surface area (Å²) in [5.41, 5.74) is 3.28. The summed E-state index contributed by atoms with van der Waals surface area (Å²) in [6.45, 7) is 1.93. The van der Waals surface area contributed by atoms with Crippen LogP contribution in [0.2, 0.25) is 0 Å². The largest absolute Gasteiger partial charge is 0.384 e. The van der Waals surface area contributed by atoms with E-state index in [1.807, 2.05) is 25.1 Å². The van der Waals surface area contributed by atoms with Crippen LogP contribution in [0, 0.1) is 12.7 Å². The Balaban J connectivity index is 2.01. The predicted octanol–water partition coefficient (Wildman–Crippen LogP) is 3.10. The minimum Gasteiger partial charge on any atom is -0.384 e. The van der Waals surface area contributed by atoms with E-state index in [1.165, 1.54) is 6.07 Å². The number of aliphatic hydroxyl groups excluding tert-OH is 1. The fraction of sp³-hybridized carbons (Fsp3) is 0.235. The highest BCUT2D eigenvalue weighted by Crippen LogP contribution is 2.31. The lowest BCUT2D eigenvalue weighted by Gasteiger charge is -2.20. The Kier molecular flexibility index (Phi) is 3.47. The van der Waals surface area contributed by atoms with E-state index in [-0.39, 0.29) is 11.5 Å². The monoisotopic (exact) mass is 285 g/mol. The van der Waals surface area contributed by atoms with Crippen molar-refractivity contribution in [2.75, 3.05) is 5.32 Å². The topological polar surface area (TPSA) is 49.3 Å². The molecule has 2 N–H and O–H groups in total. The van der Waals surface area contributed by atoms with Crippen molar-refractivity contribution in [3.05, 3.63) is 64.5 Å². The highest BCUT2D eigenvalue weighted by molar-refractivity contribution is 5.93. The normalized spacial score (nSPS) is 15.3. The maximum Gasteiger partial charge on any atom is 0.224 e. The Morgan fingerprint density at radius 2 is 2.05 bits per heavy atom. The van der Waals surface area contributed by atoms with Crippen molar-refractivity contribution in [2.45, 2.75) is 25.9 Å². The van der Waals surface area contributed by atoms with E-state index < -0.39 is 11.9 Å². The number of aliphatic hydroxyl groups is 1. The van der Waals surface area contributed by atoms with Gasteiger partial charge in [0.15, 0.2) is 0 Å². The Bertz CT molecular complexity index is 712. The maximum atomic E-state index is 14.2. The number of anilines is 1. The molecule has 0 aliphatic carbocycles. The van der Waals surface area contributed by atoms with Crippen LogP contribution in [0.25, 0.3) is 0 Å². The van der Waals surface area contributed by atoms with Crippen LogP contribution in [0.1, 0.15) is 34.8 Å². The molecule has 21 heavy (non-hydrogen) atoms. The zero-order chi connectivity index (χ0) is 15.0. The average molecular weight is 285 g/mol. The zero-order valence-corrected chi connectivity index (χ0v) is 11.7. The summed E-state index contributed by atoms with van der Waals surface area (Å²) in [6.07, 6.45) is -0.0547. The van der Waals surface area contributed by atoms with Crippen molar-refractivity contribution in [2.24, 2.45) is 0 Å². The van der Waals surface area contributed by atoms with Gasteiger partial charge < -0.3 is 10.4 Å². The van der Waals surface area contributed by atoms with E-state index in [0.717, 1.165) is 11.1 Å². The average Bonchev–Trinajstić information content (AvgIpc) is 2.45. The molecule has 3 rings (SSSR count). The number of aryl methyl sites for hydroxylation is 2. The molecule has 1 aliphatic heterocycles. The molecule has 0 spiro atoms. The lowest BCUT2D eigenvalue weighted by molar-refractivity contribution is -0.116. The predicted molar refractivity (Wildman–Crippen MR) is 78.6 cm³/mol. The third-order valence-electron chi connectivity index (χ3n) is 3.77. The molecule has 0 saturated heterocycles. The van der Waals surface area contributed by atoms with Crippen molar-refractivity contribution < 1.29 is 14.3 Å². The van der Waals surface area contributed by atoms with E-state index >= 15 is 0 Å². The Labute approximate surface area is 122 Å². The first-order chi connectivity index (χ1) is 10.0. The van der Waals surface area contributed by atoms with Crippen LogP contribution in [0.15, 0.2) is 36.4 Å². The van der Waals surface area contributed by atoms with Crippen LogP contribution < -0.4 is 5.32 Å². The highest BCUT2D eigenvalue weighted by atomic mass is 19.1. The lowest BCUT2D eigenvalue weighted by atomic mass is 9.94. The molecule has 1 aliphatic rings. The highest BCUT2D eigenvalue weighted by Gasteiger charge is 2.21. The first-order valence-corrected chi connectivity index (χ1v) is 6.91. The molecule has 1 atom stereocenters. The second-order valence-electron chi connectivity index (χ2n) is 5.40. The molecule has 0 fully saturated rings. The number of carbonyl (C=O) groups excluding carboxylic acids is 1. The summed E-state index contributed by atoms with van der Waals surface area (Å²) < 4.78 is 14.2. The van der Waals surface area contributed by atoms with Crippen LogP contribution in [0.4, 0.5) is 10.1 Å². The van der Waals surface area contributed by atoms with Gasteiger partial charge in [0.25, 0.3) is 0 Å². The molecular weight excluding hydrogens is 269 g/mol. The van der Waals surface area contributed by atoms with E-state index in [1.54, 1.807) is 12.1 Å². The van der Waals surface area contributed by atoms with Gasteiger partial charge in [0.05, 0.1) is 0 Å². The molecule has 0 bridgehead atoms. The standard InChI is InChI=1S/C17H16FNO2/c1-10-3-2-4-12(7-10)17(21)13-8-11-5-6-16(20)19-15(11)9-14(13)18/h2-4,7-9,17,21H,5-6H2,1H3,(H,19,20). The number of amides is 1. The zero-order valence-electron chi connectivity index (χ0n) is 11.7. The van der Waals surface area contributed by atoms with E-state index in [2.05, 4.69) is 5.32 Å². The number of halogens is 1. The lowest BCUT2D eigenvalue weighted by Crippen LogP contribution is -2.20. The van der Waals surface area contributed by atoms with Gasteiger partial charge in [-0.15, -0.1) is 0 Å². The van der Waals surface area contributed by atoms with Crippen molar-refractivity contribution >= 4 is 11.6 Å². The number of hydrogen-bond donors (Lipinski definition) is 2. The van der Waals surface area contributed by atoms with E-state index in [4.69, 9.17) is 0 Å². The van der Waals surface area contributed by atoms with Gasteiger partial charge in [0.1, 0.15) is 11.9 Å². The van der Waals surface area contributed by atoms with Crippen LogP contribution in [-0.2, 0) is 11.2 Å². The fourth-order valence-electron chi connectivity index (χ4n) is 2.65. The Morgan fingerprint density at radius 3 is 2.81 bits per heavy atom. The third-order valence-corrected chi connectivity index (χ3v) is 3.77. The minimum absolute atomic E-state index is 0.103. The summed E-state index contributed by atoms with van der Waals surface area (Å²) in [5, 5.41) is 13.1. The maximum absolute atomic E-state index is 14.2. The summed E-state index contributed by atoms with van der Waals surface area (Å²) in [7, 11) is 0. The first-order valence-electron chi connectivity index (χ1n) is 6.91. The van der Waals surface area contributed by atoms with Gasteiger partial charge in [0.2, 0.25) is 5.91 Å². The summed E-state index contributed by atoms with van der Waals surface area (Å²) in [5.74, 6) is -0.612. The van der Waals surface area contributed by atoms with Gasteiger partial charge in [-0.2, -0.15) is 0 Å². The summed E-state index contributed by atoms with van der Waals surface area (Å²) >= 11 is 0. The molecule has 0 aromatic heterocycles. The van der Waals surface area contributed by atoms with Crippen LogP contribution in [0.5, 0.6) is 0 Å². The van der Waals surface area contributed by atoms with Crippen LogP contribution in [-0.4, -0.2) is 11.0 Å². The summed E-state index contributed by atoms with van der Waals surface area (Å²) in [4.78, 5) is 11.3. The molecule has 3 nitrogen and oxygen atoms in total. The van der Waals surface area contributed by atoms with Crippen LogP contribution >= 0.6 is 0 Å². The number of carbonyl (C=O) groups is 1.